The maximum Gasteiger partial charge on any atom is 0.322 e. The molecule has 2 N–H and O–H groups in total. The van der Waals surface area contributed by atoms with Gasteiger partial charge in [-0.05, 0) is 42.0 Å². The highest BCUT2D eigenvalue weighted by molar-refractivity contribution is 6.08. The first-order valence-electron chi connectivity index (χ1n) is 11.8. The van der Waals surface area contributed by atoms with Crippen LogP contribution in [-0.4, -0.2) is 72.9 Å². The number of rotatable bonds is 4. The smallest absolute Gasteiger partial charge is 0.322 e. The van der Waals surface area contributed by atoms with E-state index in [0.717, 1.165) is 23.4 Å². The van der Waals surface area contributed by atoms with Crippen LogP contribution in [0.2, 0.25) is 0 Å². The van der Waals surface area contributed by atoms with Crippen LogP contribution in [0.5, 0.6) is 11.5 Å². The molecule has 5 amide bonds. The van der Waals surface area contributed by atoms with Crippen LogP contribution in [0.4, 0.5) is 9.18 Å². The zero-order valence-corrected chi connectivity index (χ0v) is 20.0. The Morgan fingerprint density at radius 3 is 2.43 bits per heavy atom. The largest absolute Gasteiger partial charge is 0.497 e. The lowest BCUT2D eigenvalue weighted by molar-refractivity contribution is -0.145. The highest BCUT2D eigenvalue weighted by Gasteiger charge is 2.55. The molecule has 37 heavy (non-hydrogen) atoms. The van der Waals surface area contributed by atoms with Crippen molar-refractivity contribution in [3.8, 4) is 11.5 Å². The van der Waals surface area contributed by atoms with Crippen molar-refractivity contribution in [1.82, 2.24) is 20.4 Å². The van der Waals surface area contributed by atoms with E-state index in [1.54, 1.807) is 23.0 Å². The first kappa shape index (κ1) is 24.3. The van der Waals surface area contributed by atoms with E-state index >= 15 is 0 Å². The number of amides is 5. The molecule has 3 aliphatic rings. The lowest BCUT2D eigenvalue weighted by Crippen LogP contribution is -2.57. The van der Waals surface area contributed by atoms with Gasteiger partial charge in [0.25, 0.3) is 11.8 Å². The number of hydrogen-bond acceptors (Lipinski definition) is 6. The minimum absolute atomic E-state index is 0.154. The number of fused-ring (bicyclic) bond motifs is 2. The normalized spacial score (nSPS) is 22.9. The topological polar surface area (TPSA) is 117 Å². The molecule has 0 aromatic heterocycles. The average Bonchev–Trinajstić information content (AvgIpc) is 3.20. The number of benzene rings is 2. The summed E-state index contributed by atoms with van der Waals surface area (Å²) in [6, 6.07) is 10.2. The predicted molar refractivity (Wildman–Crippen MR) is 129 cm³/mol. The van der Waals surface area contributed by atoms with Crippen LogP contribution in [0.25, 0.3) is 6.08 Å². The molecule has 0 aliphatic carbocycles. The summed E-state index contributed by atoms with van der Waals surface area (Å²) in [6.07, 6.45) is 1.96. The molecule has 10 nitrogen and oxygen atoms in total. The van der Waals surface area contributed by atoms with Crippen molar-refractivity contribution in [1.29, 1.82) is 0 Å². The monoisotopic (exact) mass is 508 g/mol. The van der Waals surface area contributed by atoms with E-state index in [4.69, 9.17) is 9.47 Å². The summed E-state index contributed by atoms with van der Waals surface area (Å²) in [6.45, 7) is 1.22. The lowest BCUT2D eigenvalue weighted by atomic mass is 9.81. The maximum absolute atomic E-state index is 14.0. The van der Waals surface area contributed by atoms with E-state index in [1.807, 2.05) is 24.3 Å². The Hall–Kier alpha value is -4.41. The van der Waals surface area contributed by atoms with Crippen LogP contribution < -0.4 is 20.1 Å². The number of piperazine rings is 1. The van der Waals surface area contributed by atoms with Crippen LogP contribution in [0.15, 0.2) is 48.5 Å². The summed E-state index contributed by atoms with van der Waals surface area (Å²) in [5.41, 5.74) is -0.578. The second-order valence-corrected chi connectivity index (χ2v) is 9.02. The molecule has 2 aromatic carbocycles. The molecule has 0 radical (unpaired) electrons. The third-order valence-corrected chi connectivity index (χ3v) is 6.82. The molecule has 2 fully saturated rings. The molecular formula is C26H25FN4O6. The number of carbonyl (C=O) groups is 4. The fourth-order valence-electron chi connectivity index (χ4n) is 4.82. The minimum atomic E-state index is -1.60. The van der Waals surface area contributed by atoms with Crippen LogP contribution in [0, 0.1) is 5.82 Å². The quantitative estimate of drug-likeness (QED) is 0.477. The highest BCUT2D eigenvalue weighted by Crippen LogP contribution is 2.42. The Morgan fingerprint density at radius 2 is 1.78 bits per heavy atom. The summed E-state index contributed by atoms with van der Waals surface area (Å²) in [7, 11) is 1.58. The van der Waals surface area contributed by atoms with Gasteiger partial charge in [0, 0.05) is 44.2 Å². The van der Waals surface area contributed by atoms with Crippen LogP contribution >= 0.6 is 0 Å². The van der Waals surface area contributed by atoms with E-state index in [-0.39, 0.29) is 42.6 Å². The summed E-state index contributed by atoms with van der Waals surface area (Å²) in [5, 5.41) is 4.74. The van der Waals surface area contributed by atoms with Gasteiger partial charge in [-0.1, -0.05) is 12.1 Å². The highest BCUT2D eigenvalue weighted by atomic mass is 19.1. The molecular weight excluding hydrogens is 483 g/mol. The first-order chi connectivity index (χ1) is 17.8. The Kier molecular flexibility index (Phi) is 6.28. The molecule has 11 heteroatoms. The zero-order valence-electron chi connectivity index (χ0n) is 20.0. The lowest BCUT2D eigenvalue weighted by Gasteiger charge is -2.40. The fraction of sp³-hybridized carbons (Fsp3) is 0.308. The van der Waals surface area contributed by atoms with E-state index in [9.17, 15) is 23.6 Å². The summed E-state index contributed by atoms with van der Waals surface area (Å²) in [5.74, 6) is -0.919. The molecule has 2 atom stereocenters. The first-order valence-corrected chi connectivity index (χ1v) is 11.8. The average molecular weight is 509 g/mol. The molecule has 1 spiro atoms. The van der Waals surface area contributed by atoms with Crippen molar-refractivity contribution in [3.63, 3.8) is 0 Å². The molecule has 3 aliphatic heterocycles. The van der Waals surface area contributed by atoms with Gasteiger partial charge in [-0.25, -0.2) is 9.18 Å². The number of halogens is 1. The molecule has 0 saturated carbocycles. The van der Waals surface area contributed by atoms with Gasteiger partial charge >= 0.3 is 6.03 Å². The number of ether oxygens (including phenoxy) is 2. The van der Waals surface area contributed by atoms with Gasteiger partial charge in [-0.2, -0.15) is 0 Å². The molecule has 3 heterocycles. The van der Waals surface area contributed by atoms with E-state index in [1.165, 1.54) is 12.1 Å². The number of nitrogens with zero attached hydrogens (tertiary/aromatic N) is 2. The summed E-state index contributed by atoms with van der Waals surface area (Å²) >= 11 is 0. The van der Waals surface area contributed by atoms with Crippen molar-refractivity contribution >= 4 is 29.8 Å². The molecule has 2 aromatic rings. The van der Waals surface area contributed by atoms with Gasteiger partial charge in [0.2, 0.25) is 5.91 Å². The van der Waals surface area contributed by atoms with E-state index in [0.29, 0.717) is 13.1 Å². The second kappa shape index (κ2) is 9.57. The molecule has 2 saturated heterocycles. The van der Waals surface area contributed by atoms with Crippen LogP contribution in [0.3, 0.4) is 0 Å². The molecule has 5 rings (SSSR count). The SMILES string of the molecule is COc1ccc(C=CC(=O)N2CCN(C(=O)[C@H]3C[C@@]4(NC(=O)NC4=O)c4cc(F)ccc4O3)CC2)cc1. The Morgan fingerprint density at radius 1 is 1.08 bits per heavy atom. The van der Waals surface area contributed by atoms with E-state index in [2.05, 4.69) is 10.6 Å². The second-order valence-electron chi connectivity index (χ2n) is 9.02. The number of methoxy groups -OCH3 is 1. The van der Waals surface area contributed by atoms with Crippen molar-refractivity contribution in [2.75, 3.05) is 33.3 Å². The molecule has 192 valence electrons. The fourth-order valence-corrected chi connectivity index (χ4v) is 4.82. The number of imide groups is 1. The Labute approximate surface area is 212 Å². The van der Waals surface area contributed by atoms with E-state index < -0.39 is 29.4 Å². The zero-order chi connectivity index (χ0) is 26.2. The van der Waals surface area contributed by atoms with Crippen LogP contribution in [0.1, 0.15) is 17.5 Å². The molecule has 0 bridgehead atoms. The van der Waals surface area contributed by atoms with Gasteiger partial charge in [0.15, 0.2) is 11.6 Å². The van der Waals surface area contributed by atoms with Crippen molar-refractivity contribution in [2.45, 2.75) is 18.1 Å². The minimum Gasteiger partial charge on any atom is -0.497 e. The third kappa shape index (κ3) is 4.59. The van der Waals surface area contributed by atoms with Crippen LogP contribution in [-0.2, 0) is 19.9 Å². The number of nitrogens with one attached hydrogen (secondary N) is 2. The molecule has 0 unspecified atom stereocenters. The van der Waals surface area contributed by atoms with Gasteiger partial charge in [0.05, 0.1) is 7.11 Å². The summed E-state index contributed by atoms with van der Waals surface area (Å²) in [4.78, 5) is 53.9. The summed E-state index contributed by atoms with van der Waals surface area (Å²) < 4.78 is 25.0. The van der Waals surface area contributed by atoms with Crippen molar-refractivity contribution < 1.29 is 33.0 Å². The van der Waals surface area contributed by atoms with Crippen molar-refractivity contribution in [2.24, 2.45) is 0 Å². The van der Waals surface area contributed by atoms with Gasteiger partial charge < -0.3 is 24.6 Å². The van der Waals surface area contributed by atoms with Crippen molar-refractivity contribution in [3.05, 3.63) is 65.5 Å². The standard InChI is InChI=1S/C26H25FN4O6/c1-36-18-6-2-16(3-7-18)4-9-22(32)30-10-12-31(13-11-30)23(33)21-15-26(24(34)28-25(35)29-26)19-14-17(27)5-8-20(19)37-21/h2-9,14,21H,10-13,15H2,1H3,(H2,28,29,34,35)/t21-,26-/m1/s1. The van der Waals surface area contributed by atoms with Gasteiger partial charge in [0.1, 0.15) is 17.3 Å². The maximum atomic E-state index is 14.0. The number of carbonyl (C=O) groups excluding carboxylic acids is 4. The third-order valence-electron chi connectivity index (χ3n) is 6.82. The number of urea groups is 1. The predicted octanol–water partition coefficient (Wildman–Crippen LogP) is 1.40. The van der Waals surface area contributed by atoms with Gasteiger partial charge in [-0.3, -0.25) is 19.7 Å². The Bertz CT molecular complexity index is 1290. The Balaban J connectivity index is 1.24. The number of hydrogen-bond donors (Lipinski definition) is 2. The van der Waals surface area contributed by atoms with Gasteiger partial charge in [-0.15, -0.1) is 0 Å².